The lowest BCUT2D eigenvalue weighted by atomic mass is 10.2. The van der Waals surface area contributed by atoms with Gasteiger partial charge >= 0.3 is 0 Å². The molecule has 0 amide bonds. The van der Waals surface area contributed by atoms with Crippen LogP contribution in [0.3, 0.4) is 0 Å². The van der Waals surface area contributed by atoms with Gasteiger partial charge in [0, 0.05) is 17.7 Å². The molecule has 10 heteroatoms. The van der Waals surface area contributed by atoms with Gasteiger partial charge in [0.05, 0.1) is 22.6 Å². The van der Waals surface area contributed by atoms with Crippen molar-refractivity contribution < 1.29 is 23.2 Å². The summed E-state index contributed by atoms with van der Waals surface area (Å²) in [5, 5.41) is 23.9. The zero-order chi connectivity index (χ0) is 18.4. The van der Waals surface area contributed by atoms with Crippen LogP contribution in [-0.4, -0.2) is 31.3 Å². The van der Waals surface area contributed by atoms with E-state index >= 15 is 0 Å². The van der Waals surface area contributed by atoms with E-state index < -0.39 is 14.9 Å². The van der Waals surface area contributed by atoms with Crippen molar-refractivity contribution in [2.75, 3.05) is 6.61 Å². The van der Waals surface area contributed by atoms with Gasteiger partial charge in [-0.15, -0.1) is 0 Å². The summed E-state index contributed by atoms with van der Waals surface area (Å²) in [6.07, 6.45) is 0.981. The summed E-state index contributed by atoms with van der Waals surface area (Å²) in [6, 6.07) is 9.05. The van der Waals surface area contributed by atoms with Gasteiger partial charge in [0.1, 0.15) is 11.5 Å². The van der Waals surface area contributed by atoms with Crippen LogP contribution in [0.25, 0.3) is 0 Å². The van der Waals surface area contributed by atoms with Crippen LogP contribution in [-0.2, 0) is 10.0 Å². The van der Waals surface area contributed by atoms with Gasteiger partial charge in [-0.05, 0) is 37.3 Å². The van der Waals surface area contributed by atoms with E-state index in [2.05, 4.69) is 5.10 Å². The molecule has 9 nitrogen and oxygen atoms in total. The van der Waals surface area contributed by atoms with Crippen molar-refractivity contribution in [1.29, 1.82) is 0 Å². The maximum Gasteiger partial charge on any atom is 0.276 e. The molecule has 0 aromatic heterocycles. The number of aromatic hydroxyl groups is 1. The minimum absolute atomic E-state index is 0.00333. The van der Waals surface area contributed by atoms with Gasteiger partial charge in [-0.2, -0.15) is 13.5 Å². The van der Waals surface area contributed by atoms with Crippen LogP contribution < -0.4 is 9.57 Å². The number of phenols is 1. The van der Waals surface area contributed by atoms with E-state index in [0.717, 1.165) is 24.4 Å². The molecule has 25 heavy (non-hydrogen) atoms. The number of sulfonamides is 1. The molecule has 132 valence electrons. The first-order valence-electron chi connectivity index (χ1n) is 7.08. The first-order valence-corrected chi connectivity index (χ1v) is 8.57. The smallest absolute Gasteiger partial charge is 0.276 e. The lowest BCUT2D eigenvalue weighted by Crippen LogP contribution is -2.18. The summed E-state index contributed by atoms with van der Waals surface area (Å²) in [5.41, 5.74) is -0.253. The van der Waals surface area contributed by atoms with E-state index in [0.29, 0.717) is 12.4 Å². The highest BCUT2D eigenvalue weighted by Crippen LogP contribution is 2.21. The number of phenolic OH excluding ortho intramolecular Hbond substituents is 1. The molecule has 0 heterocycles. The van der Waals surface area contributed by atoms with Gasteiger partial charge in [0.25, 0.3) is 15.7 Å². The van der Waals surface area contributed by atoms with Gasteiger partial charge in [-0.25, -0.2) is 4.83 Å². The molecule has 0 spiro atoms. The summed E-state index contributed by atoms with van der Waals surface area (Å²) in [4.78, 5) is 12.0. The maximum absolute atomic E-state index is 12.1. The number of hydrazone groups is 1. The Morgan fingerprint density at radius 3 is 2.56 bits per heavy atom. The number of nitrogens with one attached hydrogen (secondary N) is 1. The summed E-state index contributed by atoms with van der Waals surface area (Å²) >= 11 is 0. The molecule has 0 unspecified atom stereocenters. The van der Waals surface area contributed by atoms with E-state index in [9.17, 15) is 23.6 Å². The quantitative estimate of drug-likeness (QED) is 0.438. The van der Waals surface area contributed by atoms with Gasteiger partial charge in [0.2, 0.25) is 0 Å². The van der Waals surface area contributed by atoms with Crippen LogP contribution in [0.4, 0.5) is 5.69 Å². The second-order valence-electron chi connectivity index (χ2n) is 4.76. The third-order valence-corrected chi connectivity index (χ3v) is 4.28. The number of hydrogen-bond acceptors (Lipinski definition) is 7. The number of rotatable bonds is 7. The number of nitro benzene ring substituents is 1. The molecule has 0 radical (unpaired) electrons. The van der Waals surface area contributed by atoms with Gasteiger partial charge in [0.15, 0.2) is 0 Å². The molecule has 0 fully saturated rings. The third-order valence-electron chi connectivity index (χ3n) is 3.04. The third kappa shape index (κ3) is 4.67. The molecule has 0 aliphatic rings. The van der Waals surface area contributed by atoms with Crippen LogP contribution in [0.15, 0.2) is 52.5 Å². The summed E-state index contributed by atoms with van der Waals surface area (Å²) in [6.45, 7) is 2.27. The molecular formula is C15H15N3O6S. The molecule has 0 atom stereocenters. The normalized spacial score (nSPS) is 11.4. The predicted molar refractivity (Wildman–Crippen MR) is 90.3 cm³/mol. The minimum atomic E-state index is -3.92. The highest BCUT2D eigenvalue weighted by molar-refractivity contribution is 7.89. The SMILES string of the molecule is CCOc1ccc(S(=O)(=O)N/N=C/c2cc([N+](=O)[O-])ccc2O)cc1. The highest BCUT2D eigenvalue weighted by atomic mass is 32.2. The molecule has 2 rings (SSSR count). The summed E-state index contributed by atoms with van der Waals surface area (Å²) in [7, 11) is -3.92. The van der Waals surface area contributed by atoms with E-state index in [4.69, 9.17) is 4.74 Å². The van der Waals surface area contributed by atoms with Crippen molar-refractivity contribution in [2.45, 2.75) is 11.8 Å². The fourth-order valence-corrected chi connectivity index (χ4v) is 2.65. The number of hydrogen-bond donors (Lipinski definition) is 2. The summed E-state index contributed by atoms with van der Waals surface area (Å²) < 4.78 is 29.5. The lowest BCUT2D eigenvalue weighted by molar-refractivity contribution is -0.384. The number of non-ortho nitro benzene ring substituents is 1. The largest absolute Gasteiger partial charge is 0.507 e. The number of nitrogens with zero attached hydrogens (tertiary/aromatic N) is 2. The molecule has 0 aliphatic carbocycles. The number of benzene rings is 2. The van der Waals surface area contributed by atoms with Crippen LogP contribution in [0.5, 0.6) is 11.5 Å². The Morgan fingerprint density at radius 1 is 1.28 bits per heavy atom. The standard InChI is InChI=1S/C15H15N3O6S/c1-2-24-13-4-6-14(7-5-13)25(22,23)17-16-10-11-9-12(18(20)21)3-8-15(11)19/h3-10,17,19H,2H2,1H3/b16-10+. The number of nitro groups is 1. The lowest BCUT2D eigenvalue weighted by Gasteiger charge is -2.06. The van der Waals surface area contributed by atoms with Crippen LogP contribution in [0, 0.1) is 10.1 Å². The highest BCUT2D eigenvalue weighted by Gasteiger charge is 2.13. The second kappa shape index (κ2) is 7.62. The Morgan fingerprint density at radius 2 is 1.96 bits per heavy atom. The molecule has 0 aliphatic heterocycles. The van der Waals surface area contributed by atoms with Crippen molar-refractivity contribution in [3.63, 3.8) is 0 Å². The minimum Gasteiger partial charge on any atom is -0.507 e. The van der Waals surface area contributed by atoms with E-state index in [1.165, 1.54) is 24.3 Å². The van der Waals surface area contributed by atoms with Crippen molar-refractivity contribution in [1.82, 2.24) is 4.83 Å². The van der Waals surface area contributed by atoms with E-state index in [-0.39, 0.29) is 21.9 Å². The maximum atomic E-state index is 12.1. The Kier molecular flexibility index (Phi) is 5.55. The number of ether oxygens (including phenoxy) is 1. The van der Waals surface area contributed by atoms with Gasteiger partial charge < -0.3 is 9.84 Å². The molecule has 2 N–H and O–H groups in total. The van der Waals surface area contributed by atoms with Crippen LogP contribution >= 0.6 is 0 Å². The molecule has 0 saturated carbocycles. The zero-order valence-corrected chi connectivity index (χ0v) is 13.9. The Hall–Kier alpha value is -3.14. The van der Waals surface area contributed by atoms with Crippen LogP contribution in [0.1, 0.15) is 12.5 Å². The van der Waals surface area contributed by atoms with Gasteiger partial charge in [-0.3, -0.25) is 10.1 Å². The molecule has 0 bridgehead atoms. The van der Waals surface area contributed by atoms with Crippen molar-refractivity contribution in [3.8, 4) is 11.5 Å². The van der Waals surface area contributed by atoms with Crippen molar-refractivity contribution >= 4 is 21.9 Å². The molecule has 2 aromatic carbocycles. The Bertz CT molecular complexity index is 894. The van der Waals surface area contributed by atoms with Gasteiger partial charge in [-0.1, -0.05) is 0 Å². The van der Waals surface area contributed by atoms with Crippen molar-refractivity contribution in [3.05, 3.63) is 58.1 Å². The first-order chi connectivity index (χ1) is 11.8. The van der Waals surface area contributed by atoms with Crippen molar-refractivity contribution in [2.24, 2.45) is 5.10 Å². The molecule has 2 aromatic rings. The Balaban J connectivity index is 2.15. The molecular weight excluding hydrogens is 350 g/mol. The second-order valence-corrected chi connectivity index (χ2v) is 6.42. The average molecular weight is 365 g/mol. The topological polar surface area (TPSA) is 131 Å². The van der Waals surface area contributed by atoms with E-state index in [1.54, 1.807) is 0 Å². The molecule has 0 saturated heterocycles. The predicted octanol–water partition coefficient (Wildman–Crippen LogP) is 2.01. The Labute approximate surface area is 143 Å². The monoisotopic (exact) mass is 365 g/mol. The fraction of sp³-hybridized carbons (Fsp3) is 0.133. The fourth-order valence-electron chi connectivity index (χ4n) is 1.86. The van der Waals surface area contributed by atoms with E-state index in [1.807, 2.05) is 11.8 Å². The van der Waals surface area contributed by atoms with Crippen LogP contribution in [0.2, 0.25) is 0 Å². The summed E-state index contributed by atoms with van der Waals surface area (Å²) in [5.74, 6) is 0.265. The first kappa shape index (κ1) is 18.2. The zero-order valence-electron chi connectivity index (χ0n) is 13.1. The average Bonchev–Trinajstić information content (AvgIpc) is 2.57.